The summed E-state index contributed by atoms with van der Waals surface area (Å²) in [6.07, 6.45) is 0. The molecule has 0 aliphatic carbocycles. The predicted molar refractivity (Wildman–Crippen MR) is 83.2 cm³/mol. The highest BCUT2D eigenvalue weighted by Gasteiger charge is 2.11. The van der Waals surface area contributed by atoms with Crippen molar-refractivity contribution in [1.82, 2.24) is 0 Å². The zero-order valence-corrected chi connectivity index (χ0v) is 12.5. The number of nitrogens with one attached hydrogen (secondary N) is 1. The van der Waals surface area contributed by atoms with Crippen LogP contribution in [-0.2, 0) is 6.54 Å². The van der Waals surface area contributed by atoms with Crippen LogP contribution in [-0.4, -0.2) is 12.0 Å². The third-order valence-electron chi connectivity index (χ3n) is 3.09. The van der Waals surface area contributed by atoms with E-state index in [1.807, 2.05) is 19.1 Å². The molecular weight excluding hydrogens is 292 g/mol. The minimum atomic E-state index is -0.438. The van der Waals surface area contributed by atoms with Gasteiger partial charge in [-0.2, -0.15) is 0 Å². The minimum absolute atomic E-state index is 0.00188. The number of halogens is 1. The number of nitro benzene ring substituents is 1. The monoisotopic (exact) mass is 306 g/mol. The molecule has 2 aromatic carbocycles. The summed E-state index contributed by atoms with van der Waals surface area (Å²) in [6, 6.07) is 10.3. The summed E-state index contributed by atoms with van der Waals surface area (Å²) >= 11 is 6.14. The molecule has 2 aromatic rings. The van der Waals surface area contributed by atoms with E-state index in [0.29, 0.717) is 17.3 Å². The summed E-state index contributed by atoms with van der Waals surface area (Å²) in [4.78, 5) is 10.5. The van der Waals surface area contributed by atoms with E-state index < -0.39 is 4.92 Å². The van der Waals surface area contributed by atoms with Crippen LogP contribution in [0.1, 0.15) is 11.1 Å². The molecule has 2 rings (SSSR count). The molecule has 0 bridgehead atoms. The SMILES string of the molecule is COc1cc(CNc2c(C)cccc2Cl)cc([N+](=O)[O-])c1. The maximum absolute atomic E-state index is 10.9. The van der Waals surface area contributed by atoms with Crippen LogP contribution < -0.4 is 10.1 Å². The van der Waals surface area contributed by atoms with Gasteiger partial charge in [0, 0.05) is 12.6 Å². The Bertz CT molecular complexity index is 654. The van der Waals surface area contributed by atoms with Crippen molar-refractivity contribution in [2.75, 3.05) is 12.4 Å². The second-order valence-corrected chi connectivity index (χ2v) is 4.99. The number of anilines is 1. The van der Waals surface area contributed by atoms with Crippen LogP contribution in [0.25, 0.3) is 0 Å². The van der Waals surface area contributed by atoms with E-state index in [1.54, 1.807) is 12.1 Å². The van der Waals surface area contributed by atoms with E-state index in [-0.39, 0.29) is 5.69 Å². The lowest BCUT2D eigenvalue weighted by atomic mass is 10.1. The van der Waals surface area contributed by atoms with Gasteiger partial charge in [-0.05, 0) is 30.2 Å². The van der Waals surface area contributed by atoms with Crippen LogP contribution in [0.5, 0.6) is 5.75 Å². The van der Waals surface area contributed by atoms with Gasteiger partial charge in [0.05, 0.1) is 28.8 Å². The van der Waals surface area contributed by atoms with Crippen molar-refractivity contribution < 1.29 is 9.66 Å². The lowest BCUT2D eigenvalue weighted by Gasteiger charge is -2.12. The summed E-state index contributed by atoms with van der Waals surface area (Å²) in [5, 5.41) is 14.7. The Kier molecular flexibility index (Phi) is 4.65. The number of aryl methyl sites for hydroxylation is 1. The van der Waals surface area contributed by atoms with Gasteiger partial charge in [0.25, 0.3) is 5.69 Å². The van der Waals surface area contributed by atoms with Gasteiger partial charge >= 0.3 is 0 Å². The molecule has 0 saturated carbocycles. The van der Waals surface area contributed by atoms with Crippen LogP contribution in [0, 0.1) is 17.0 Å². The Balaban J connectivity index is 2.23. The first-order chi connectivity index (χ1) is 10.0. The molecule has 110 valence electrons. The molecule has 0 spiro atoms. The van der Waals surface area contributed by atoms with E-state index in [2.05, 4.69) is 5.32 Å². The fourth-order valence-electron chi connectivity index (χ4n) is 2.02. The molecule has 0 fully saturated rings. The molecule has 0 heterocycles. The van der Waals surface area contributed by atoms with Crippen LogP contribution in [0.15, 0.2) is 36.4 Å². The lowest BCUT2D eigenvalue weighted by Crippen LogP contribution is -2.03. The molecule has 0 saturated heterocycles. The summed E-state index contributed by atoms with van der Waals surface area (Å²) in [6.45, 7) is 2.37. The van der Waals surface area contributed by atoms with Gasteiger partial charge in [-0.1, -0.05) is 23.7 Å². The van der Waals surface area contributed by atoms with E-state index in [0.717, 1.165) is 16.8 Å². The highest BCUT2D eigenvalue weighted by molar-refractivity contribution is 6.33. The number of ether oxygens (including phenoxy) is 1. The molecule has 6 heteroatoms. The Morgan fingerprint density at radius 3 is 2.71 bits per heavy atom. The van der Waals surface area contributed by atoms with Crippen LogP contribution >= 0.6 is 11.6 Å². The van der Waals surface area contributed by atoms with Crippen LogP contribution in [0.3, 0.4) is 0 Å². The largest absolute Gasteiger partial charge is 0.496 e. The molecule has 0 aliphatic heterocycles. The van der Waals surface area contributed by atoms with Crippen molar-refractivity contribution in [3.8, 4) is 5.75 Å². The van der Waals surface area contributed by atoms with Gasteiger partial charge in [-0.15, -0.1) is 0 Å². The fraction of sp³-hybridized carbons (Fsp3) is 0.200. The first-order valence-electron chi connectivity index (χ1n) is 6.32. The van der Waals surface area contributed by atoms with E-state index in [1.165, 1.54) is 19.2 Å². The quantitative estimate of drug-likeness (QED) is 0.665. The van der Waals surface area contributed by atoms with Gasteiger partial charge in [-0.25, -0.2) is 0 Å². The number of methoxy groups -OCH3 is 1. The normalized spacial score (nSPS) is 10.2. The highest BCUT2D eigenvalue weighted by atomic mass is 35.5. The van der Waals surface area contributed by atoms with Crippen LogP contribution in [0.2, 0.25) is 5.02 Å². The molecule has 5 nitrogen and oxygen atoms in total. The Hall–Kier alpha value is -2.27. The minimum Gasteiger partial charge on any atom is -0.496 e. The fourth-order valence-corrected chi connectivity index (χ4v) is 2.30. The lowest BCUT2D eigenvalue weighted by molar-refractivity contribution is -0.385. The first-order valence-corrected chi connectivity index (χ1v) is 6.70. The second-order valence-electron chi connectivity index (χ2n) is 4.58. The van der Waals surface area contributed by atoms with Crippen molar-refractivity contribution in [3.63, 3.8) is 0 Å². The maximum atomic E-state index is 10.9. The number of nitrogens with zero attached hydrogens (tertiary/aromatic N) is 1. The topological polar surface area (TPSA) is 64.4 Å². The van der Waals surface area contributed by atoms with Gasteiger partial charge in [0.2, 0.25) is 0 Å². The average molecular weight is 307 g/mol. The molecule has 0 aliphatic rings. The number of rotatable bonds is 5. The third kappa shape index (κ3) is 3.64. The van der Waals surface area contributed by atoms with E-state index in [9.17, 15) is 10.1 Å². The number of hydrogen-bond donors (Lipinski definition) is 1. The zero-order valence-electron chi connectivity index (χ0n) is 11.7. The van der Waals surface area contributed by atoms with Crippen molar-refractivity contribution in [1.29, 1.82) is 0 Å². The third-order valence-corrected chi connectivity index (χ3v) is 3.40. The molecule has 21 heavy (non-hydrogen) atoms. The Labute approximate surface area is 127 Å². The molecular formula is C15H15ClN2O3. The number of non-ortho nitro benzene ring substituents is 1. The second kappa shape index (κ2) is 6.45. The molecule has 0 radical (unpaired) electrons. The van der Waals surface area contributed by atoms with E-state index >= 15 is 0 Å². The number of para-hydroxylation sites is 1. The summed E-state index contributed by atoms with van der Waals surface area (Å²) in [7, 11) is 1.48. The van der Waals surface area contributed by atoms with Crippen molar-refractivity contribution in [2.45, 2.75) is 13.5 Å². The first kappa shape index (κ1) is 15.1. The van der Waals surface area contributed by atoms with Gasteiger partial charge in [0.1, 0.15) is 5.75 Å². The highest BCUT2D eigenvalue weighted by Crippen LogP contribution is 2.27. The Morgan fingerprint density at radius 1 is 1.33 bits per heavy atom. The molecule has 1 N–H and O–H groups in total. The number of hydrogen-bond acceptors (Lipinski definition) is 4. The van der Waals surface area contributed by atoms with Gasteiger partial charge in [-0.3, -0.25) is 10.1 Å². The van der Waals surface area contributed by atoms with Gasteiger partial charge in [0.15, 0.2) is 0 Å². The predicted octanol–water partition coefficient (Wildman–Crippen LogP) is 4.18. The summed E-state index contributed by atoms with van der Waals surface area (Å²) in [5.74, 6) is 0.455. The molecule has 0 atom stereocenters. The van der Waals surface area contributed by atoms with Crippen molar-refractivity contribution in [2.24, 2.45) is 0 Å². The standard InChI is InChI=1S/C15H15ClN2O3/c1-10-4-3-5-14(16)15(10)17-9-11-6-12(18(19)20)8-13(7-11)21-2/h3-8,17H,9H2,1-2H3. The zero-order chi connectivity index (χ0) is 15.4. The van der Waals surface area contributed by atoms with Gasteiger partial charge < -0.3 is 10.1 Å². The number of nitro groups is 1. The van der Waals surface area contributed by atoms with Crippen molar-refractivity contribution >= 4 is 23.0 Å². The van der Waals surface area contributed by atoms with E-state index in [4.69, 9.17) is 16.3 Å². The maximum Gasteiger partial charge on any atom is 0.273 e. The smallest absolute Gasteiger partial charge is 0.273 e. The molecule has 0 aromatic heterocycles. The number of benzene rings is 2. The molecule has 0 amide bonds. The summed E-state index contributed by atoms with van der Waals surface area (Å²) in [5.41, 5.74) is 2.59. The Morgan fingerprint density at radius 2 is 2.10 bits per heavy atom. The molecule has 0 unspecified atom stereocenters. The van der Waals surface area contributed by atoms with Crippen molar-refractivity contribution in [3.05, 3.63) is 62.7 Å². The summed E-state index contributed by atoms with van der Waals surface area (Å²) < 4.78 is 5.09. The average Bonchev–Trinajstić information content (AvgIpc) is 2.46. The van der Waals surface area contributed by atoms with Crippen LogP contribution in [0.4, 0.5) is 11.4 Å².